The van der Waals surface area contributed by atoms with Gasteiger partial charge in [0.2, 0.25) is 0 Å². The zero-order valence-electron chi connectivity index (χ0n) is 21.8. The first kappa shape index (κ1) is 28.0. The monoisotopic (exact) mass is 594 g/mol. The molecule has 4 aromatic rings. The maximum Gasteiger partial charge on any atom is 0.282 e. The van der Waals surface area contributed by atoms with Crippen LogP contribution in [0.3, 0.4) is 0 Å². The Labute approximate surface area is 233 Å². The van der Waals surface area contributed by atoms with Gasteiger partial charge in [0.25, 0.3) is 11.5 Å². The molecule has 0 bridgehead atoms. The van der Waals surface area contributed by atoms with Crippen LogP contribution in [0, 0.1) is 5.82 Å². The van der Waals surface area contributed by atoms with Crippen LogP contribution in [0.5, 0.6) is 11.5 Å². The van der Waals surface area contributed by atoms with Gasteiger partial charge in [0.1, 0.15) is 11.6 Å². The number of carbonyl (C=O) groups excluding carboxylic acids is 1. The predicted octanol–water partition coefficient (Wildman–Crippen LogP) is 6.11. The second-order valence-corrected chi connectivity index (χ2v) is 9.70. The molecule has 0 radical (unpaired) electrons. The van der Waals surface area contributed by atoms with Gasteiger partial charge in [-0.3, -0.25) is 9.59 Å². The Hall–Kier alpha value is -4.05. The molecule has 0 spiro atoms. The summed E-state index contributed by atoms with van der Waals surface area (Å²) >= 11 is 3.42. The van der Waals surface area contributed by atoms with Gasteiger partial charge in [0, 0.05) is 16.1 Å². The third-order valence-corrected chi connectivity index (χ3v) is 6.46. The van der Waals surface area contributed by atoms with Crippen molar-refractivity contribution in [1.29, 1.82) is 0 Å². The van der Waals surface area contributed by atoms with Gasteiger partial charge in [-0.25, -0.2) is 9.37 Å². The van der Waals surface area contributed by atoms with Crippen molar-refractivity contribution in [2.45, 2.75) is 33.1 Å². The molecule has 0 unspecified atom stereocenters. The van der Waals surface area contributed by atoms with Gasteiger partial charge in [-0.15, -0.1) is 0 Å². The molecule has 39 heavy (non-hydrogen) atoms. The van der Waals surface area contributed by atoms with E-state index in [1.54, 1.807) is 30.5 Å². The zero-order valence-corrected chi connectivity index (χ0v) is 23.4. The van der Waals surface area contributed by atoms with Gasteiger partial charge in [-0.05, 0) is 79.6 Å². The topological polar surface area (TPSA) is 94.8 Å². The number of aromatic nitrogens is 2. The quantitative estimate of drug-likeness (QED) is 0.223. The zero-order chi connectivity index (χ0) is 27.9. The molecule has 0 aliphatic carbocycles. The smallest absolute Gasteiger partial charge is 0.282 e. The standard InChI is InChI=1S/C29H28BrFN4O4/c1-4-18(3)28-34-24-12-7-20(30)15-23(24)29(37)35(28)32-16-19-6-13-25(26(14-19)38-5-2)39-17-27(36)33-22-10-8-21(31)9-11-22/h6-16,18H,4-5,17H2,1-3H3,(H,33,36)/t18-/m0/s1. The molecule has 0 fully saturated rings. The number of fused-ring (bicyclic) bond motifs is 1. The van der Waals surface area contributed by atoms with E-state index < -0.39 is 5.91 Å². The molecule has 10 heteroatoms. The minimum absolute atomic E-state index is 0.0127. The number of nitrogens with one attached hydrogen (secondary N) is 1. The van der Waals surface area contributed by atoms with E-state index in [-0.39, 0.29) is 23.9 Å². The lowest BCUT2D eigenvalue weighted by molar-refractivity contribution is -0.118. The number of benzene rings is 3. The molecule has 8 nitrogen and oxygen atoms in total. The lowest BCUT2D eigenvalue weighted by atomic mass is 10.1. The molecule has 0 saturated carbocycles. The van der Waals surface area contributed by atoms with E-state index in [1.807, 2.05) is 32.9 Å². The maximum atomic E-state index is 13.4. The number of rotatable bonds is 10. The highest BCUT2D eigenvalue weighted by Gasteiger charge is 2.16. The first-order valence-corrected chi connectivity index (χ1v) is 13.3. The summed E-state index contributed by atoms with van der Waals surface area (Å²) in [5.74, 6) is 0.593. The van der Waals surface area contributed by atoms with Crippen LogP contribution < -0.4 is 20.3 Å². The summed E-state index contributed by atoms with van der Waals surface area (Å²) in [5.41, 5.74) is 1.49. The van der Waals surface area contributed by atoms with Gasteiger partial charge < -0.3 is 14.8 Å². The minimum Gasteiger partial charge on any atom is -0.490 e. The second-order valence-electron chi connectivity index (χ2n) is 8.79. The summed E-state index contributed by atoms with van der Waals surface area (Å²) in [5, 5.41) is 7.61. The number of carbonyl (C=O) groups is 1. The lowest BCUT2D eigenvalue weighted by Crippen LogP contribution is -2.23. The van der Waals surface area contributed by atoms with E-state index in [1.165, 1.54) is 28.9 Å². The first-order valence-electron chi connectivity index (χ1n) is 12.5. The van der Waals surface area contributed by atoms with E-state index in [0.717, 1.165) is 10.9 Å². The third-order valence-electron chi connectivity index (χ3n) is 5.96. The highest BCUT2D eigenvalue weighted by Crippen LogP contribution is 2.28. The normalized spacial score (nSPS) is 12.0. The highest BCUT2D eigenvalue weighted by atomic mass is 79.9. The van der Waals surface area contributed by atoms with Crippen molar-refractivity contribution in [3.63, 3.8) is 0 Å². The molecular weight excluding hydrogens is 567 g/mol. The maximum absolute atomic E-state index is 13.4. The average Bonchev–Trinajstić information content (AvgIpc) is 2.93. The van der Waals surface area contributed by atoms with Crippen molar-refractivity contribution in [3.05, 3.63) is 92.7 Å². The van der Waals surface area contributed by atoms with Crippen molar-refractivity contribution >= 4 is 44.6 Å². The van der Waals surface area contributed by atoms with Crippen LogP contribution in [0.1, 0.15) is 44.5 Å². The Bertz CT molecular complexity index is 1570. The molecule has 1 amide bonds. The number of anilines is 1. The predicted molar refractivity (Wildman–Crippen MR) is 154 cm³/mol. The summed E-state index contributed by atoms with van der Waals surface area (Å²) < 4.78 is 26.6. The van der Waals surface area contributed by atoms with E-state index in [9.17, 15) is 14.0 Å². The summed E-state index contributed by atoms with van der Waals surface area (Å²) in [6.07, 6.45) is 2.35. The molecular formula is C29H28BrFN4O4. The number of halogens is 2. The molecule has 0 aliphatic heterocycles. The minimum atomic E-state index is -0.401. The Morgan fingerprint density at radius 2 is 1.87 bits per heavy atom. The Balaban J connectivity index is 1.57. The van der Waals surface area contributed by atoms with E-state index in [4.69, 9.17) is 14.5 Å². The van der Waals surface area contributed by atoms with Gasteiger partial charge in [0.15, 0.2) is 18.1 Å². The molecule has 0 aliphatic rings. The number of hydrogen-bond acceptors (Lipinski definition) is 6. The summed E-state index contributed by atoms with van der Waals surface area (Å²) in [6.45, 7) is 5.98. The van der Waals surface area contributed by atoms with Crippen LogP contribution in [0.4, 0.5) is 10.1 Å². The molecule has 1 heterocycles. The van der Waals surface area contributed by atoms with Gasteiger partial charge in [-0.2, -0.15) is 9.78 Å². The van der Waals surface area contributed by atoms with Gasteiger partial charge in [-0.1, -0.05) is 29.8 Å². The average molecular weight is 595 g/mol. The van der Waals surface area contributed by atoms with Crippen molar-refractivity contribution in [3.8, 4) is 11.5 Å². The van der Waals surface area contributed by atoms with E-state index in [2.05, 4.69) is 26.3 Å². The molecule has 1 aromatic heterocycles. The molecule has 3 aromatic carbocycles. The third kappa shape index (κ3) is 6.88. The molecule has 0 saturated heterocycles. The largest absolute Gasteiger partial charge is 0.490 e. The van der Waals surface area contributed by atoms with Gasteiger partial charge >= 0.3 is 0 Å². The number of amides is 1. The summed E-state index contributed by atoms with van der Waals surface area (Å²) in [4.78, 5) is 30.4. The molecule has 202 valence electrons. The fourth-order valence-corrected chi connectivity index (χ4v) is 4.13. The number of hydrogen-bond donors (Lipinski definition) is 1. The lowest BCUT2D eigenvalue weighted by Gasteiger charge is -2.14. The number of ether oxygens (including phenoxy) is 2. The SMILES string of the molecule is CCOc1cc(C=Nn2c([C@@H](C)CC)nc3ccc(Br)cc3c2=O)ccc1OCC(=O)Nc1ccc(F)cc1. The molecule has 1 N–H and O–H groups in total. The van der Waals surface area contributed by atoms with Crippen LogP contribution >= 0.6 is 15.9 Å². The van der Waals surface area contributed by atoms with E-state index in [0.29, 0.717) is 46.1 Å². The van der Waals surface area contributed by atoms with Crippen molar-refractivity contribution in [1.82, 2.24) is 9.66 Å². The Morgan fingerprint density at radius 1 is 1.10 bits per heavy atom. The molecule has 1 atom stereocenters. The fraction of sp³-hybridized carbons (Fsp3) is 0.241. The van der Waals surface area contributed by atoms with Crippen LogP contribution in [-0.2, 0) is 4.79 Å². The van der Waals surface area contributed by atoms with Crippen LogP contribution in [0.2, 0.25) is 0 Å². The molecule has 4 rings (SSSR count). The van der Waals surface area contributed by atoms with Crippen molar-refractivity contribution < 1.29 is 18.7 Å². The van der Waals surface area contributed by atoms with E-state index >= 15 is 0 Å². The Kier molecular flexibility index (Phi) is 9.08. The Morgan fingerprint density at radius 3 is 2.59 bits per heavy atom. The highest BCUT2D eigenvalue weighted by molar-refractivity contribution is 9.10. The second kappa shape index (κ2) is 12.7. The van der Waals surface area contributed by atoms with Crippen LogP contribution in [-0.4, -0.2) is 35.0 Å². The fourth-order valence-electron chi connectivity index (χ4n) is 3.77. The van der Waals surface area contributed by atoms with Gasteiger partial charge in [0.05, 0.1) is 23.7 Å². The van der Waals surface area contributed by atoms with Crippen LogP contribution in [0.15, 0.2) is 75.0 Å². The van der Waals surface area contributed by atoms with Crippen molar-refractivity contribution in [2.24, 2.45) is 5.10 Å². The summed E-state index contributed by atoms with van der Waals surface area (Å²) in [6, 6.07) is 16.0. The van der Waals surface area contributed by atoms with Crippen molar-refractivity contribution in [2.75, 3.05) is 18.5 Å². The number of nitrogens with zero attached hydrogens (tertiary/aromatic N) is 3. The summed E-state index contributed by atoms with van der Waals surface area (Å²) in [7, 11) is 0. The first-order chi connectivity index (χ1) is 18.8. The van der Waals surface area contributed by atoms with Crippen LogP contribution in [0.25, 0.3) is 10.9 Å².